The second-order valence-corrected chi connectivity index (χ2v) is 7.94. The topological polar surface area (TPSA) is 77.2 Å². The van der Waals surface area contributed by atoms with Gasteiger partial charge in [0.15, 0.2) is 5.76 Å². The fourth-order valence-electron chi connectivity index (χ4n) is 4.30. The van der Waals surface area contributed by atoms with Gasteiger partial charge in [0.25, 0.3) is 0 Å². The Morgan fingerprint density at radius 3 is 2.82 bits per heavy atom. The molecule has 0 fully saturated rings. The molecular weight excluding hydrogens is 437 g/mol. The van der Waals surface area contributed by atoms with Crippen molar-refractivity contribution < 1.29 is 27.4 Å². The Balaban J connectivity index is 1.68. The molecule has 0 saturated carbocycles. The van der Waals surface area contributed by atoms with Crippen LogP contribution in [0, 0.1) is 0 Å². The normalized spacial score (nSPS) is 24.0. The van der Waals surface area contributed by atoms with Crippen LogP contribution in [-0.4, -0.2) is 40.9 Å². The van der Waals surface area contributed by atoms with E-state index in [4.69, 9.17) is 9.47 Å². The first-order chi connectivity index (χ1) is 15.7. The van der Waals surface area contributed by atoms with Crippen molar-refractivity contribution >= 4 is 29.5 Å². The number of alkyl halides is 3. The molecule has 8 bridgehead atoms. The summed E-state index contributed by atoms with van der Waals surface area (Å²) < 4.78 is 52.7. The molecule has 0 aliphatic carbocycles. The van der Waals surface area contributed by atoms with E-state index in [-0.39, 0.29) is 16.4 Å². The van der Waals surface area contributed by atoms with Crippen LogP contribution in [0.2, 0.25) is 0 Å². The van der Waals surface area contributed by atoms with Gasteiger partial charge in [-0.25, -0.2) is 9.98 Å². The zero-order chi connectivity index (χ0) is 23.0. The van der Waals surface area contributed by atoms with Crippen LogP contribution >= 0.6 is 0 Å². The largest absolute Gasteiger partial charge is 0.494 e. The number of carbonyl (C=O) groups is 1. The highest BCUT2D eigenvalue weighted by Gasteiger charge is 2.42. The van der Waals surface area contributed by atoms with E-state index in [0.717, 1.165) is 5.70 Å². The number of aliphatic imine (C=N–C) groups is 2. The number of aromatic nitrogens is 1. The third kappa shape index (κ3) is 3.09. The van der Waals surface area contributed by atoms with E-state index in [1.807, 2.05) is 12.2 Å². The highest BCUT2D eigenvalue weighted by atomic mass is 19.4. The highest BCUT2D eigenvalue weighted by molar-refractivity contribution is 6.21. The quantitative estimate of drug-likeness (QED) is 0.707. The Labute approximate surface area is 184 Å². The van der Waals surface area contributed by atoms with Crippen molar-refractivity contribution in [3.63, 3.8) is 0 Å². The summed E-state index contributed by atoms with van der Waals surface area (Å²) in [4.78, 5) is 21.4. The maximum absolute atomic E-state index is 13.5. The van der Waals surface area contributed by atoms with Gasteiger partial charge < -0.3 is 14.8 Å². The Hall–Kier alpha value is -4.08. The number of nitrogens with zero attached hydrogens (tertiary/aromatic N) is 3. The molecule has 0 saturated heterocycles. The monoisotopic (exact) mass is 452 g/mol. The number of nitrogens with one attached hydrogen (secondary N) is 1. The van der Waals surface area contributed by atoms with Gasteiger partial charge in [0.05, 0.1) is 34.9 Å². The van der Waals surface area contributed by atoms with Gasteiger partial charge in [0, 0.05) is 30.3 Å². The summed E-state index contributed by atoms with van der Waals surface area (Å²) in [6.07, 6.45) is 8.87. The zero-order valence-electron chi connectivity index (χ0n) is 17.1. The van der Waals surface area contributed by atoms with E-state index in [1.54, 1.807) is 24.3 Å². The van der Waals surface area contributed by atoms with Gasteiger partial charge in [-0.05, 0) is 30.4 Å². The smallest absolute Gasteiger partial charge is 0.472 e. The molecule has 5 aliphatic rings. The van der Waals surface area contributed by atoms with E-state index in [0.29, 0.717) is 39.6 Å². The summed E-state index contributed by atoms with van der Waals surface area (Å²) in [6, 6.07) is 1.37. The van der Waals surface area contributed by atoms with Crippen molar-refractivity contribution in [3.05, 3.63) is 76.1 Å². The number of ether oxygens (including phenoxy) is 2. The molecule has 0 aromatic carbocycles. The predicted molar refractivity (Wildman–Crippen MR) is 114 cm³/mol. The predicted octanol–water partition coefficient (Wildman–Crippen LogP) is 1.99. The maximum Gasteiger partial charge on any atom is 0.472 e. The fraction of sp³-hybridized carbons (Fsp3) is 0.174. The summed E-state index contributed by atoms with van der Waals surface area (Å²) in [7, 11) is 1.32. The van der Waals surface area contributed by atoms with Crippen molar-refractivity contribution in [1.29, 1.82) is 0 Å². The zero-order valence-corrected chi connectivity index (χ0v) is 17.1. The standard InChI is InChI=1S/C23H15F3N4O3/c1-32-20-10-16-6-12-2-3-14(27-12)11-22-5-4-13(29-22)7-17-19(33-22)9-15(28-17)8-18(20)30(16)21(31)23(24,25)26/h2-4,6-11,29H,5H2,1H3. The molecule has 1 aromatic rings. The molecule has 1 aromatic heterocycles. The highest BCUT2D eigenvalue weighted by Crippen LogP contribution is 2.37. The number of halogens is 3. The Morgan fingerprint density at radius 1 is 1.18 bits per heavy atom. The second-order valence-electron chi connectivity index (χ2n) is 7.94. The van der Waals surface area contributed by atoms with Crippen LogP contribution in [-0.2, 0) is 4.74 Å². The molecule has 1 spiro atoms. The maximum atomic E-state index is 13.5. The minimum Gasteiger partial charge on any atom is -0.494 e. The Morgan fingerprint density at radius 2 is 2.03 bits per heavy atom. The first kappa shape index (κ1) is 19.6. The number of hydrogen-bond acceptors (Lipinski definition) is 6. The van der Waals surface area contributed by atoms with Crippen LogP contribution in [0.4, 0.5) is 13.2 Å². The SMILES string of the molecule is COc1cc2n(C(=O)C(F)(F)F)c1=CC1=NC3=CC4=CCC(C=C5C=CC(=N5)C=2)(N4)OC3=C1. The Kier molecular flexibility index (Phi) is 3.84. The van der Waals surface area contributed by atoms with Crippen molar-refractivity contribution in [1.82, 2.24) is 9.88 Å². The lowest BCUT2D eigenvalue weighted by molar-refractivity contribution is -0.0950. The van der Waals surface area contributed by atoms with Crippen LogP contribution in [0.5, 0.6) is 5.75 Å². The molecular formula is C23H15F3N4O3. The molecule has 1 unspecified atom stereocenters. The number of hydrogen-bond donors (Lipinski definition) is 1. The summed E-state index contributed by atoms with van der Waals surface area (Å²) in [6.45, 7) is 0. The number of fused-ring (bicyclic) bond motifs is 5. The molecule has 0 radical (unpaired) electrons. The molecule has 7 nitrogen and oxygen atoms in total. The average molecular weight is 452 g/mol. The van der Waals surface area contributed by atoms with Gasteiger partial charge in [-0.1, -0.05) is 6.08 Å². The molecule has 33 heavy (non-hydrogen) atoms. The van der Waals surface area contributed by atoms with Crippen LogP contribution in [0.1, 0.15) is 11.2 Å². The van der Waals surface area contributed by atoms with E-state index in [2.05, 4.69) is 15.3 Å². The van der Waals surface area contributed by atoms with Crippen molar-refractivity contribution in [2.45, 2.75) is 18.3 Å². The second kappa shape index (κ2) is 6.47. The van der Waals surface area contributed by atoms with Crippen LogP contribution in [0.3, 0.4) is 0 Å². The first-order valence-corrected chi connectivity index (χ1v) is 10.0. The minimum absolute atomic E-state index is 0.0123. The molecule has 6 heterocycles. The van der Waals surface area contributed by atoms with Gasteiger partial charge in [-0.15, -0.1) is 0 Å². The van der Waals surface area contributed by atoms with E-state index < -0.39 is 17.8 Å². The summed E-state index contributed by atoms with van der Waals surface area (Å²) in [5.74, 6) is -1.49. The van der Waals surface area contributed by atoms with Crippen LogP contribution < -0.4 is 20.8 Å². The Bertz CT molecular complexity index is 1480. The number of methoxy groups -OCH3 is 1. The first-order valence-electron chi connectivity index (χ1n) is 10.0. The number of allylic oxidation sites excluding steroid dienone is 4. The molecule has 166 valence electrons. The van der Waals surface area contributed by atoms with E-state index in [9.17, 15) is 18.0 Å². The van der Waals surface area contributed by atoms with Gasteiger partial charge in [-0.2, -0.15) is 13.2 Å². The molecule has 0 amide bonds. The van der Waals surface area contributed by atoms with Gasteiger partial charge in [-0.3, -0.25) is 9.36 Å². The summed E-state index contributed by atoms with van der Waals surface area (Å²) >= 11 is 0. The summed E-state index contributed by atoms with van der Waals surface area (Å²) in [5, 5.41) is 3.24. The number of rotatable bonds is 1. The third-order valence-electron chi connectivity index (χ3n) is 5.69. The van der Waals surface area contributed by atoms with Crippen molar-refractivity contribution in [3.8, 4) is 5.75 Å². The molecule has 1 atom stereocenters. The number of carbonyl (C=O) groups excluding carboxylic acids is 1. The average Bonchev–Trinajstić information content (AvgIpc) is 3.48. The van der Waals surface area contributed by atoms with Crippen LogP contribution in [0.25, 0.3) is 12.2 Å². The van der Waals surface area contributed by atoms with Crippen molar-refractivity contribution in [2.75, 3.05) is 7.11 Å². The van der Waals surface area contributed by atoms with Crippen molar-refractivity contribution in [2.24, 2.45) is 9.98 Å². The lowest BCUT2D eigenvalue weighted by Crippen LogP contribution is -2.42. The van der Waals surface area contributed by atoms with Gasteiger partial charge >= 0.3 is 12.1 Å². The minimum atomic E-state index is -5.10. The third-order valence-corrected chi connectivity index (χ3v) is 5.69. The van der Waals surface area contributed by atoms with E-state index >= 15 is 0 Å². The molecule has 10 heteroatoms. The lowest BCUT2D eigenvalue weighted by atomic mass is 10.1. The fourth-order valence-corrected chi connectivity index (χ4v) is 4.30. The lowest BCUT2D eigenvalue weighted by Gasteiger charge is -2.28. The van der Waals surface area contributed by atoms with E-state index in [1.165, 1.54) is 25.3 Å². The van der Waals surface area contributed by atoms with Crippen LogP contribution in [0.15, 0.2) is 75.4 Å². The van der Waals surface area contributed by atoms with Gasteiger partial charge in [0.1, 0.15) is 11.4 Å². The summed E-state index contributed by atoms with van der Waals surface area (Å²) in [5.41, 5.74) is 1.76. The molecule has 6 rings (SSSR count). The molecule has 1 N–H and O–H groups in total. The molecule has 5 aliphatic heterocycles. The van der Waals surface area contributed by atoms with Gasteiger partial charge in [0.2, 0.25) is 5.72 Å².